The fraction of sp³-hybridized carbons (Fsp3) is 0.500. The molecule has 3 aromatic rings. The molecule has 1 aliphatic rings. The number of carbonyl (C=O) groups excluding carboxylic acids is 1. The SMILES string of the molecule is COCCCNc1nc(N[C@H](CC2CCCCC2)C(=O)NCc2ccc(C(F)(F)F)cc2)cc(-n2ccnc2)n1. The first-order valence-electron chi connectivity index (χ1n) is 13.6. The van der Waals surface area contributed by atoms with Crippen molar-refractivity contribution in [3.63, 3.8) is 0 Å². The van der Waals surface area contributed by atoms with Gasteiger partial charge in [0.15, 0.2) is 0 Å². The summed E-state index contributed by atoms with van der Waals surface area (Å²) in [5, 5.41) is 9.44. The van der Waals surface area contributed by atoms with Gasteiger partial charge in [0.1, 0.15) is 24.0 Å². The zero-order valence-electron chi connectivity index (χ0n) is 22.6. The summed E-state index contributed by atoms with van der Waals surface area (Å²) in [7, 11) is 1.65. The van der Waals surface area contributed by atoms with Crippen molar-refractivity contribution < 1.29 is 22.7 Å². The minimum atomic E-state index is -4.40. The van der Waals surface area contributed by atoms with E-state index in [4.69, 9.17) is 4.74 Å². The van der Waals surface area contributed by atoms with Gasteiger partial charge in [-0.25, -0.2) is 4.98 Å². The van der Waals surface area contributed by atoms with Gasteiger partial charge < -0.3 is 20.7 Å². The first-order chi connectivity index (χ1) is 19.3. The molecule has 0 saturated heterocycles. The van der Waals surface area contributed by atoms with E-state index in [0.717, 1.165) is 44.2 Å². The van der Waals surface area contributed by atoms with Gasteiger partial charge in [-0.05, 0) is 36.5 Å². The predicted octanol–water partition coefficient (Wildman–Crippen LogP) is 5.20. The Labute approximate surface area is 232 Å². The van der Waals surface area contributed by atoms with Crippen LogP contribution in [0.3, 0.4) is 0 Å². The minimum absolute atomic E-state index is 0.121. The average Bonchev–Trinajstić information content (AvgIpc) is 3.49. The van der Waals surface area contributed by atoms with E-state index in [2.05, 4.69) is 30.9 Å². The highest BCUT2D eigenvalue weighted by molar-refractivity contribution is 5.84. The molecular formula is C28H36F3N7O2. The van der Waals surface area contributed by atoms with Gasteiger partial charge in [0.05, 0.1) is 5.56 Å². The van der Waals surface area contributed by atoms with Gasteiger partial charge in [-0.15, -0.1) is 0 Å². The van der Waals surface area contributed by atoms with Crippen molar-refractivity contribution >= 4 is 17.7 Å². The number of ether oxygens (including phenoxy) is 1. The number of benzene rings is 1. The fourth-order valence-corrected chi connectivity index (χ4v) is 4.82. The number of nitrogens with one attached hydrogen (secondary N) is 3. The molecule has 9 nitrogen and oxygen atoms in total. The summed E-state index contributed by atoms with van der Waals surface area (Å²) >= 11 is 0. The fourth-order valence-electron chi connectivity index (χ4n) is 4.82. The van der Waals surface area contributed by atoms with Crippen LogP contribution in [-0.2, 0) is 22.3 Å². The molecule has 4 rings (SSSR count). The van der Waals surface area contributed by atoms with Crippen LogP contribution in [-0.4, -0.2) is 51.7 Å². The van der Waals surface area contributed by atoms with Crippen molar-refractivity contribution in [2.45, 2.75) is 63.7 Å². The van der Waals surface area contributed by atoms with Gasteiger partial charge >= 0.3 is 6.18 Å². The van der Waals surface area contributed by atoms with E-state index in [1.165, 1.54) is 18.6 Å². The zero-order valence-corrected chi connectivity index (χ0v) is 22.6. The molecule has 1 fully saturated rings. The number of rotatable bonds is 13. The summed E-state index contributed by atoms with van der Waals surface area (Å²) in [6.07, 6.45) is 7.65. The maximum Gasteiger partial charge on any atom is 0.416 e. The Kier molecular flexibility index (Phi) is 10.3. The summed E-state index contributed by atoms with van der Waals surface area (Å²) in [5.41, 5.74) is -0.131. The third kappa shape index (κ3) is 8.67. The lowest BCUT2D eigenvalue weighted by atomic mass is 9.84. The van der Waals surface area contributed by atoms with Crippen LogP contribution in [0, 0.1) is 5.92 Å². The number of halogens is 3. The first kappa shape index (κ1) is 29.3. The summed E-state index contributed by atoms with van der Waals surface area (Å²) in [5.74, 6) is 1.64. The maximum absolute atomic E-state index is 13.4. The van der Waals surface area contributed by atoms with E-state index in [-0.39, 0.29) is 12.5 Å². The van der Waals surface area contributed by atoms with Gasteiger partial charge in [-0.3, -0.25) is 9.36 Å². The van der Waals surface area contributed by atoms with E-state index >= 15 is 0 Å². The highest BCUT2D eigenvalue weighted by Gasteiger charge is 2.30. The number of amides is 1. The van der Waals surface area contributed by atoms with Crippen molar-refractivity contribution in [1.82, 2.24) is 24.8 Å². The number of nitrogens with zero attached hydrogens (tertiary/aromatic N) is 4. The Morgan fingerprint density at radius 3 is 2.60 bits per heavy atom. The standard InChI is InChI=1S/C28H36F3N7O2/c1-40-15-5-12-33-27-36-24(17-25(37-27)38-14-13-32-19-38)35-23(16-20-6-3-2-4-7-20)26(39)34-18-21-8-10-22(11-9-21)28(29,30)31/h8-11,13-14,17,19-20,23H,2-7,12,15-16,18H2,1H3,(H,34,39)(H2,33,35,36,37)/t23-/m1/s1. The van der Waals surface area contributed by atoms with Crippen LogP contribution in [0.1, 0.15) is 56.1 Å². The molecule has 2 aromatic heterocycles. The predicted molar refractivity (Wildman–Crippen MR) is 146 cm³/mol. The molecule has 1 aliphatic carbocycles. The lowest BCUT2D eigenvalue weighted by Gasteiger charge is -2.27. The number of hydrogen-bond acceptors (Lipinski definition) is 7. The van der Waals surface area contributed by atoms with Crippen molar-refractivity contribution in [2.24, 2.45) is 5.92 Å². The Bertz CT molecular complexity index is 1200. The monoisotopic (exact) mass is 559 g/mol. The van der Waals surface area contributed by atoms with E-state index in [0.29, 0.717) is 48.6 Å². The molecule has 1 amide bonds. The number of alkyl halides is 3. The maximum atomic E-state index is 13.4. The first-order valence-corrected chi connectivity index (χ1v) is 13.6. The second kappa shape index (κ2) is 14.1. The zero-order chi connectivity index (χ0) is 28.4. The van der Waals surface area contributed by atoms with Crippen LogP contribution in [0.4, 0.5) is 24.9 Å². The Hall–Kier alpha value is -3.67. The van der Waals surface area contributed by atoms with Crippen molar-refractivity contribution in [2.75, 3.05) is 30.9 Å². The third-order valence-electron chi connectivity index (χ3n) is 6.97. The molecule has 1 aromatic carbocycles. The lowest BCUT2D eigenvalue weighted by molar-refractivity contribution is -0.137. The summed E-state index contributed by atoms with van der Waals surface area (Å²) in [4.78, 5) is 26.7. The van der Waals surface area contributed by atoms with E-state index < -0.39 is 17.8 Å². The topological polar surface area (TPSA) is 106 Å². The largest absolute Gasteiger partial charge is 0.416 e. The average molecular weight is 560 g/mol. The number of carbonyl (C=O) groups is 1. The molecule has 0 unspecified atom stereocenters. The van der Waals surface area contributed by atoms with Crippen LogP contribution in [0.2, 0.25) is 0 Å². The second-order valence-corrected chi connectivity index (χ2v) is 10.0. The van der Waals surface area contributed by atoms with E-state index in [1.807, 2.05) is 0 Å². The Morgan fingerprint density at radius 1 is 1.15 bits per heavy atom. The number of aromatic nitrogens is 4. The van der Waals surface area contributed by atoms with Crippen LogP contribution >= 0.6 is 0 Å². The van der Waals surface area contributed by atoms with E-state index in [1.54, 1.807) is 36.5 Å². The Balaban J connectivity index is 1.50. The van der Waals surface area contributed by atoms with Crippen molar-refractivity contribution in [3.05, 3.63) is 60.2 Å². The van der Waals surface area contributed by atoms with Gasteiger partial charge in [0.25, 0.3) is 0 Å². The van der Waals surface area contributed by atoms with Crippen LogP contribution in [0.5, 0.6) is 0 Å². The molecule has 0 aliphatic heterocycles. The third-order valence-corrected chi connectivity index (χ3v) is 6.97. The molecule has 0 bridgehead atoms. The molecule has 0 radical (unpaired) electrons. The second-order valence-electron chi connectivity index (χ2n) is 10.0. The van der Waals surface area contributed by atoms with E-state index in [9.17, 15) is 18.0 Å². The summed E-state index contributed by atoms with van der Waals surface area (Å²) in [6, 6.07) is 6.01. The Morgan fingerprint density at radius 2 is 1.93 bits per heavy atom. The number of methoxy groups -OCH3 is 1. The number of imidazole rings is 1. The van der Waals surface area contributed by atoms with Crippen molar-refractivity contribution in [3.8, 4) is 5.82 Å². The van der Waals surface area contributed by atoms with Crippen LogP contribution in [0.15, 0.2) is 49.1 Å². The number of anilines is 2. The molecule has 3 N–H and O–H groups in total. The van der Waals surface area contributed by atoms with Gasteiger partial charge in [0, 0.05) is 45.3 Å². The molecule has 1 saturated carbocycles. The molecule has 12 heteroatoms. The quantitative estimate of drug-likeness (QED) is 0.247. The molecule has 2 heterocycles. The highest BCUT2D eigenvalue weighted by atomic mass is 19.4. The van der Waals surface area contributed by atoms with Crippen LogP contribution in [0.25, 0.3) is 5.82 Å². The normalized spacial score (nSPS) is 15.0. The summed E-state index contributed by atoms with van der Waals surface area (Å²) in [6.45, 7) is 1.33. The molecule has 1 atom stereocenters. The lowest BCUT2D eigenvalue weighted by Crippen LogP contribution is -2.41. The van der Waals surface area contributed by atoms with Gasteiger partial charge in [-0.2, -0.15) is 23.1 Å². The van der Waals surface area contributed by atoms with Crippen molar-refractivity contribution in [1.29, 1.82) is 0 Å². The van der Waals surface area contributed by atoms with Gasteiger partial charge in [-0.1, -0.05) is 44.2 Å². The minimum Gasteiger partial charge on any atom is -0.385 e. The molecule has 216 valence electrons. The molecule has 0 spiro atoms. The summed E-state index contributed by atoms with van der Waals surface area (Å²) < 4.78 is 45.6. The highest BCUT2D eigenvalue weighted by Crippen LogP contribution is 2.30. The van der Waals surface area contributed by atoms with Crippen LogP contribution < -0.4 is 16.0 Å². The van der Waals surface area contributed by atoms with Gasteiger partial charge in [0.2, 0.25) is 11.9 Å². The molecule has 40 heavy (non-hydrogen) atoms. The number of hydrogen-bond donors (Lipinski definition) is 3. The smallest absolute Gasteiger partial charge is 0.385 e. The molecular weight excluding hydrogens is 523 g/mol.